The van der Waals surface area contributed by atoms with Gasteiger partial charge in [0.05, 0.1) is 0 Å². The zero-order valence-corrected chi connectivity index (χ0v) is 8.08. The molecule has 0 saturated heterocycles. The van der Waals surface area contributed by atoms with Gasteiger partial charge in [-0.15, -0.1) is 0 Å². The number of rotatable bonds is 1. The van der Waals surface area contributed by atoms with Gasteiger partial charge in [-0.1, -0.05) is 0 Å². The van der Waals surface area contributed by atoms with Crippen molar-refractivity contribution in [1.29, 1.82) is 0 Å². The van der Waals surface area contributed by atoms with Crippen LogP contribution >= 0.6 is 20.2 Å². The molecule has 1 rings (SSSR count). The summed E-state index contributed by atoms with van der Waals surface area (Å²) in [4.78, 5) is 0. The molecule has 0 bridgehead atoms. The third kappa shape index (κ3) is 2.14. The Balaban J connectivity index is 2.89. The number of halogens is 3. The summed E-state index contributed by atoms with van der Waals surface area (Å²) in [6.07, 6.45) is 0. The van der Waals surface area contributed by atoms with Crippen LogP contribution in [0.3, 0.4) is 0 Å². The Bertz CT molecular complexity index is 209. The minimum absolute atomic E-state index is 0.260. The van der Waals surface area contributed by atoms with Crippen molar-refractivity contribution in [3.63, 3.8) is 0 Å². The van der Waals surface area contributed by atoms with Gasteiger partial charge in [-0.2, -0.15) is 0 Å². The van der Waals surface area contributed by atoms with Crippen LogP contribution < -0.4 is 4.46 Å². The van der Waals surface area contributed by atoms with Gasteiger partial charge < -0.3 is 0 Å². The predicted octanol–water partition coefficient (Wildman–Crippen LogP) is 2.00. The van der Waals surface area contributed by atoms with Crippen molar-refractivity contribution in [3.8, 4) is 0 Å². The van der Waals surface area contributed by atoms with Gasteiger partial charge in [0, 0.05) is 0 Å². The summed E-state index contributed by atoms with van der Waals surface area (Å²) < 4.78 is 13.1. The molecule has 0 aromatic heterocycles. The van der Waals surface area contributed by atoms with Gasteiger partial charge in [-0.25, -0.2) is 0 Å². The maximum absolute atomic E-state index is 12.3. The molecule has 0 spiro atoms. The van der Waals surface area contributed by atoms with Crippen molar-refractivity contribution >= 4 is 36.7 Å². The second-order valence-electron chi connectivity index (χ2n) is 1.67. The standard InChI is InChI=1S/C6H4Cl2FSe/c7-10(8)6-3-1-5(9)2-4-6/h1-4H/q+1. The van der Waals surface area contributed by atoms with Crippen LogP contribution in [0.2, 0.25) is 0 Å². The number of hydrogen-bond acceptors (Lipinski definition) is 0. The van der Waals surface area contributed by atoms with Crippen LogP contribution in [0.1, 0.15) is 0 Å². The zero-order chi connectivity index (χ0) is 7.56. The molecule has 0 aliphatic rings. The number of benzene rings is 1. The van der Waals surface area contributed by atoms with E-state index in [0.29, 0.717) is 0 Å². The van der Waals surface area contributed by atoms with Crippen molar-refractivity contribution < 1.29 is 4.39 Å². The van der Waals surface area contributed by atoms with Gasteiger partial charge in [0.2, 0.25) is 0 Å². The fourth-order valence-corrected chi connectivity index (χ4v) is 2.32. The Morgan fingerprint density at radius 2 is 1.60 bits per heavy atom. The average molecular weight is 245 g/mol. The van der Waals surface area contributed by atoms with E-state index in [0.717, 1.165) is 4.46 Å². The second-order valence-corrected chi connectivity index (χ2v) is 7.58. The molecule has 0 saturated carbocycles. The molecule has 0 atom stereocenters. The summed E-state index contributed by atoms with van der Waals surface area (Å²) >= 11 is -1.65. The Morgan fingerprint density at radius 3 is 2.00 bits per heavy atom. The Kier molecular flexibility index (Phi) is 2.99. The van der Waals surface area contributed by atoms with E-state index < -0.39 is 12.1 Å². The molecule has 1 aromatic carbocycles. The molecule has 0 aliphatic heterocycles. The van der Waals surface area contributed by atoms with Crippen molar-refractivity contribution in [2.45, 2.75) is 0 Å². The molecule has 54 valence electrons. The fourth-order valence-electron chi connectivity index (χ4n) is 0.537. The summed E-state index contributed by atoms with van der Waals surface area (Å²) in [5.41, 5.74) is 0. The first kappa shape index (κ1) is 8.35. The third-order valence-corrected chi connectivity index (χ3v) is 4.16. The van der Waals surface area contributed by atoms with Crippen LogP contribution in [-0.4, -0.2) is 12.1 Å². The molecule has 0 radical (unpaired) electrons. The van der Waals surface area contributed by atoms with E-state index in [9.17, 15) is 4.39 Å². The van der Waals surface area contributed by atoms with Gasteiger partial charge in [0.1, 0.15) is 0 Å². The van der Waals surface area contributed by atoms with Crippen molar-refractivity contribution in [2.24, 2.45) is 0 Å². The van der Waals surface area contributed by atoms with Crippen molar-refractivity contribution in [3.05, 3.63) is 30.1 Å². The van der Waals surface area contributed by atoms with Crippen LogP contribution in [0.25, 0.3) is 0 Å². The third-order valence-electron chi connectivity index (χ3n) is 0.992. The summed E-state index contributed by atoms with van der Waals surface area (Å²) in [7, 11) is 11.2. The maximum atomic E-state index is 12.3. The number of hydrogen-bond donors (Lipinski definition) is 0. The predicted molar refractivity (Wildman–Crippen MR) is 43.5 cm³/mol. The second kappa shape index (κ2) is 3.59. The van der Waals surface area contributed by atoms with Gasteiger partial charge in [0.25, 0.3) is 0 Å². The van der Waals surface area contributed by atoms with Gasteiger partial charge in [0.15, 0.2) is 0 Å². The van der Waals surface area contributed by atoms with E-state index in [-0.39, 0.29) is 5.82 Å². The Morgan fingerprint density at radius 1 is 1.10 bits per heavy atom. The van der Waals surface area contributed by atoms with Crippen molar-refractivity contribution in [1.82, 2.24) is 0 Å². The molecule has 0 fully saturated rings. The van der Waals surface area contributed by atoms with Crippen LogP contribution in [-0.2, 0) is 0 Å². The molecule has 0 N–H and O–H groups in total. The van der Waals surface area contributed by atoms with Crippen LogP contribution in [0.5, 0.6) is 0 Å². The first-order valence-electron chi connectivity index (χ1n) is 2.52. The van der Waals surface area contributed by atoms with Gasteiger partial charge >= 0.3 is 71.2 Å². The van der Waals surface area contributed by atoms with E-state index in [1.807, 2.05) is 0 Å². The molecule has 4 heteroatoms. The Labute approximate surface area is 71.3 Å². The topological polar surface area (TPSA) is 0 Å². The van der Waals surface area contributed by atoms with E-state index in [2.05, 4.69) is 0 Å². The molecule has 0 nitrogen and oxygen atoms in total. The van der Waals surface area contributed by atoms with Crippen LogP contribution in [0.15, 0.2) is 24.3 Å². The van der Waals surface area contributed by atoms with Gasteiger partial charge in [-0.3, -0.25) is 0 Å². The fraction of sp³-hybridized carbons (Fsp3) is 0. The molecular formula is C6H4Cl2FSe+. The quantitative estimate of drug-likeness (QED) is 0.664. The van der Waals surface area contributed by atoms with Crippen LogP contribution in [0, 0.1) is 5.82 Å². The molecule has 0 amide bonds. The molecule has 1 aromatic rings. The van der Waals surface area contributed by atoms with E-state index in [4.69, 9.17) is 20.2 Å². The van der Waals surface area contributed by atoms with E-state index in [1.54, 1.807) is 12.1 Å². The summed E-state index contributed by atoms with van der Waals surface area (Å²) in [5.74, 6) is -0.260. The Hall–Kier alpha value is 0.249. The first-order chi connectivity index (χ1) is 4.70. The van der Waals surface area contributed by atoms with E-state index in [1.165, 1.54) is 12.1 Å². The average Bonchev–Trinajstić information content (AvgIpc) is 1.88. The monoisotopic (exact) mass is 245 g/mol. The minimum atomic E-state index is -1.65. The first-order valence-corrected chi connectivity index (χ1v) is 7.88. The summed E-state index contributed by atoms with van der Waals surface area (Å²) in [5, 5.41) is 0. The van der Waals surface area contributed by atoms with Crippen LogP contribution in [0.4, 0.5) is 4.39 Å². The molecule has 10 heavy (non-hydrogen) atoms. The molecule has 0 aliphatic carbocycles. The van der Waals surface area contributed by atoms with E-state index >= 15 is 0 Å². The normalized spacial score (nSPS) is 10.4. The summed E-state index contributed by atoms with van der Waals surface area (Å²) in [6, 6.07) is 5.94. The molecule has 0 heterocycles. The zero-order valence-electron chi connectivity index (χ0n) is 4.85. The van der Waals surface area contributed by atoms with Crippen molar-refractivity contribution in [2.75, 3.05) is 0 Å². The molecular weight excluding hydrogens is 241 g/mol. The molecule has 0 unspecified atom stereocenters. The van der Waals surface area contributed by atoms with Gasteiger partial charge in [-0.05, 0) is 0 Å². The summed E-state index contributed by atoms with van der Waals surface area (Å²) in [6.45, 7) is 0. The SMILES string of the molecule is Fc1ccc([Se+](Cl)Cl)cc1.